The number of ether oxygens (including phenoxy) is 2. The van der Waals surface area contributed by atoms with Crippen molar-refractivity contribution in [1.82, 2.24) is 4.57 Å². The molecule has 1 heterocycles. The van der Waals surface area contributed by atoms with Crippen LogP contribution in [0, 0.1) is 12.3 Å². The predicted octanol–water partition coefficient (Wildman–Crippen LogP) is 3.97. The average Bonchev–Trinajstić information content (AvgIpc) is 3.03. The van der Waals surface area contributed by atoms with Gasteiger partial charge in [-0.2, -0.15) is 4.99 Å². The minimum absolute atomic E-state index is 0.130. The Morgan fingerprint density at radius 3 is 2.57 bits per heavy atom. The molecule has 0 saturated heterocycles. The van der Waals surface area contributed by atoms with Crippen LogP contribution in [0.1, 0.15) is 25.3 Å². The number of hydrogen-bond acceptors (Lipinski definition) is 4. The number of benzene rings is 2. The minimum Gasteiger partial charge on any atom is -0.497 e. The third-order valence-corrected chi connectivity index (χ3v) is 5.31. The van der Waals surface area contributed by atoms with E-state index >= 15 is 0 Å². The summed E-state index contributed by atoms with van der Waals surface area (Å²) in [5.41, 5.74) is 2.14. The lowest BCUT2D eigenvalue weighted by atomic mass is 10.0. The molecule has 28 heavy (non-hydrogen) atoms. The molecule has 5 nitrogen and oxygen atoms in total. The zero-order valence-corrected chi connectivity index (χ0v) is 17.0. The third kappa shape index (κ3) is 4.44. The lowest BCUT2D eigenvalue weighted by molar-refractivity contribution is -0.120. The Hall–Kier alpha value is -3.04. The minimum atomic E-state index is -0.364. The summed E-state index contributed by atoms with van der Waals surface area (Å²) in [5.74, 6) is 4.08. The number of carbonyl (C=O) groups excluding carboxylic acids is 1. The summed E-state index contributed by atoms with van der Waals surface area (Å²) < 4.78 is 13.6. The van der Waals surface area contributed by atoms with Crippen LogP contribution >= 0.6 is 11.3 Å². The van der Waals surface area contributed by atoms with Gasteiger partial charge in [0.05, 0.1) is 23.9 Å². The molecule has 1 amide bonds. The first-order valence-electron chi connectivity index (χ1n) is 8.93. The molecule has 0 aliphatic heterocycles. The molecule has 144 valence electrons. The van der Waals surface area contributed by atoms with Crippen molar-refractivity contribution < 1.29 is 14.3 Å². The zero-order chi connectivity index (χ0) is 20.1. The number of fused-ring (bicyclic) bond motifs is 1. The van der Waals surface area contributed by atoms with Crippen LogP contribution in [-0.2, 0) is 11.3 Å². The number of rotatable bonds is 6. The molecule has 0 N–H and O–H groups in total. The molecular weight excluding hydrogens is 372 g/mol. The maximum atomic E-state index is 12.3. The van der Waals surface area contributed by atoms with E-state index in [1.807, 2.05) is 47.0 Å². The van der Waals surface area contributed by atoms with Gasteiger partial charge in [-0.15, -0.1) is 6.42 Å². The summed E-state index contributed by atoms with van der Waals surface area (Å²) in [6.45, 7) is 4.46. The van der Waals surface area contributed by atoms with Gasteiger partial charge in [0.2, 0.25) is 0 Å². The molecule has 0 saturated carbocycles. The molecule has 0 unspecified atom stereocenters. The lowest BCUT2D eigenvalue weighted by Gasteiger charge is -2.07. The number of amides is 1. The SMILES string of the molecule is C#CCn1c(=NC(=O)COc2ccc(C(C)C)cc2)sc2cc(OC)ccc21. The van der Waals surface area contributed by atoms with Gasteiger partial charge in [-0.1, -0.05) is 43.2 Å². The number of hydrogen-bond donors (Lipinski definition) is 0. The number of nitrogens with zero attached hydrogens (tertiary/aromatic N) is 2. The molecule has 3 rings (SSSR count). The van der Waals surface area contributed by atoms with Crippen molar-refractivity contribution in [2.45, 2.75) is 26.3 Å². The fourth-order valence-electron chi connectivity index (χ4n) is 2.74. The van der Waals surface area contributed by atoms with E-state index in [4.69, 9.17) is 15.9 Å². The van der Waals surface area contributed by atoms with E-state index in [0.29, 0.717) is 23.0 Å². The number of carbonyl (C=O) groups is 1. The molecule has 0 aliphatic rings. The van der Waals surface area contributed by atoms with E-state index in [0.717, 1.165) is 16.0 Å². The van der Waals surface area contributed by atoms with Gasteiger partial charge in [-0.05, 0) is 41.8 Å². The van der Waals surface area contributed by atoms with Gasteiger partial charge < -0.3 is 14.0 Å². The molecule has 0 aliphatic carbocycles. The smallest absolute Gasteiger partial charge is 0.286 e. The Balaban J connectivity index is 1.81. The molecule has 0 spiro atoms. The molecule has 0 bridgehead atoms. The van der Waals surface area contributed by atoms with E-state index < -0.39 is 0 Å². The van der Waals surface area contributed by atoms with Crippen LogP contribution in [0.2, 0.25) is 0 Å². The van der Waals surface area contributed by atoms with Crippen LogP contribution in [0.5, 0.6) is 11.5 Å². The highest BCUT2D eigenvalue weighted by molar-refractivity contribution is 7.16. The molecule has 0 radical (unpaired) electrons. The second-order valence-electron chi connectivity index (χ2n) is 6.53. The maximum Gasteiger partial charge on any atom is 0.286 e. The summed E-state index contributed by atoms with van der Waals surface area (Å²) >= 11 is 1.39. The Bertz CT molecular complexity index is 1090. The van der Waals surface area contributed by atoms with Crippen molar-refractivity contribution >= 4 is 27.5 Å². The second-order valence-corrected chi connectivity index (χ2v) is 7.54. The highest BCUT2D eigenvalue weighted by Crippen LogP contribution is 2.23. The standard InChI is InChI=1S/C22H22N2O3S/c1-5-12-24-19-11-10-18(26-4)13-20(19)28-22(24)23-21(25)14-27-17-8-6-16(7-9-17)15(2)3/h1,6-11,13,15H,12,14H2,2-4H3. The third-order valence-electron chi connectivity index (χ3n) is 4.27. The summed E-state index contributed by atoms with van der Waals surface area (Å²) in [4.78, 5) is 17.1. The molecule has 6 heteroatoms. The Kier molecular flexibility index (Phi) is 6.17. The van der Waals surface area contributed by atoms with E-state index in [9.17, 15) is 4.79 Å². The Morgan fingerprint density at radius 1 is 1.21 bits per heavy atom. The topological polar surface area (TPSA) is 52.8 Å². The van der Waals surface area contributed by atoms with Crippen molar-refractivity contribution in [3.8, 4) is 23.8 Å². The molecule has 3 aromatic rings. The van der Waals surface area contributed by atoms with Crippen LogP contribution in [0.25, 0.3) is 10.2 Å². The Morgan fingerprint density at radius 2 is 1.93 bits per heavy atom. The summed E-state index contributed by atoms with van der Waals surface area (Å²) in [6, 6.07) is 13.4. The van der Waals surface area contributed by atoms with Gasteiger partial charge in [-0.3, -0.25) is 4.79 Å². The van der Waals surface area contributed by atoms with Crippen molar-refractivity contribution in [1.29, 1.82) is 0 Å². The fraction of sp³-hybridized carbons (Fsp3) is 0.273. The lowest BCUT2D eigenvalue weighted by Crippen LogP contribution is -2.19. The van der Waals surface area contributed by atoms with E-state index in [1.54, 1.807) is 7.11 Å². The summed E-state index contributed by atoms with van der Waals surface area (Å²) in [5, 5.41) is 0. The highest BCUT2D eigenvalue weighted by atomic mass is 32.1. The van der Waals surface area contributed by atoms with Crippen molar-refractivity contribution in [3.05, 3.63) is 52.8 Å². The molecular formula is C22H22N2O3S. The van der Waals surface area contributed by atoms with Crippen molar-refractivity contribution in [2.24, 2.45) is 4.99 Å². The average molecular weight is 394 g/mol. The summed E-state index contributed by atoms with van der Waals surface area (Å²) in [7, 11) is 1.62. The van der Waals surface area contributed by atoms with Crippen LogP contribution < -0.4 is 14.3 Å². The van der Waals surface area contributed by atoms with Crippen molar-refractivity contribution in [2.75, 3.05) is 13.7 Å². The zero-order valence-electron chi connectivity index (χ0n) is 16.1. The first-order chi connectivity index (χ1) is 13.5. The van der Waals surface area contributed by atoms with Gasteiger partial charge >= 0.3 is 0 Å². The number of methoxy groups -OCH3 is 1. The first-order valence-corrected chi connectivity index (χ1v) is 9.74. The van der Waals surface area contributed by atoms with E-state index in [1.165, 1.54) is 16.9 Å². The second kappa shape index (κ2) is 8.77. The van der Waals surface area contributed by atoms with Gasteiger partial charge in [0, 0.05) is 0 Å². The summed E-state index contributed by atoms with van der Waals surface area (Å²) in [6.07, 6.45) is 5.49. The van der Waals surface area contributed by atoms with Crippen LogP contribution in [-0.4, -0.2) is 24.2 Å². The highest BCUT2D eigenvalue weighted by Gasteiger charge is 2.09. The van der Waals surface area contributed by atoms with Crippen LogP contribution in [0.3, 0.4) is 0 Å². The maximum absolute atomic E-state index is 12.3. The molecule has 1 aromatic heterocycles. The number of aromatic nitrogens is 1. The van der Waals surface area contributed by atoms with Gasteiger partial charge in [0.1, 0.15) is 11.5 Å². The molecule has 0 fully saturated rings. The Labute approximate surface area is 168 Å². The molecule has 2 aromatic carbocycles. The molecule has 0 atom stereocenters. The van der Waals surface area contributed by atoms with Gasteiger partial charge in [0.15, 0.2) is 11.4 Å². The first kappa shape index (κ1) is 19.7. The van der Waals surface area contributed by atoms with E-state index in [2.05, 4.69) is 24.8 Å². The van der Waals surface area contributed by atoms with Crippen molar-refractivity contribution in [3.63, 3.8) is 0 Å². The number of thiazole rings is 1. The van der Waals surface area contributed by atoms with Crippen LogP contribution in [0.4, 0.5) is 0 Å². The fourth-order valence-corrected chi connectivity index (χ4v) is 3.82. The monoisotopic (exact) mass is 394 g/mol. The number of terminal acetylenes is 1. The van der Waals surface area contributed by atoms with Gasteiger partial charge in [-0.25, -0.2) is 0 Å². The van der Waals surface area contributed by atoms with E-state index in [-0.39, 0.29) is 12.5 Å². The van der Waals surface area contributed by atoms with Gasteiger partial charge in [0.25, 0.3) is 5.91 Å². The quantitative estimate of drug-likeness (QED) is 0.595. The normalized spacial score (nSPS) is 11.6. The van der Waals surface area contributed by atoms with Crippen LogP contribution in [0.15, 0.2) is 47.5 Å². The predicted molar refractivity (Wildman–Crippen MR) is 112 cm³/mol. The largest absolute Gasteiger partial charge is 0.497 e.